The van der Waals surface area contributed by atoms with E-state index in [1.165, 1.54) is 17.0 Å². The lowest BCUT2D eigenvalue weighted by atomic mass is 10.2. The van der Waals surface area contributed by atoms with Crippen LogP contribution in [0.2, 0.25) is 0 Å². The molecule has 2 atom stereocenters. The number of benzene rings is 2. The first-order valence-corrected chi connectivity index (χ1v) is 9.33. The molecule has 1 unspecified atom stereocenters. The standard InChI is InChI=1S/C18H19NO4S/c20-13-15-11-17(24(22,23)16-9-5-2-6-10-16)18(21)19(15)12-14-7-3-1-4-8-14/h1-10,15,17,20H,11-13H2/t15-,17?/m0/s1. The Morgan fingerprint density at radius 2 is 1.58 bits per heavy atom. The van der Waals surface area contributed by atoms with Crippen LogP contribution in [0.25, 0.3) is 0 Å². The van der Waals surface area contributed by atoms with E-state index in [0.717, 1.165) is 5.56 Å². The highest BCUT2D eigenvalue weighted by Gasteiger charge is 2.46. The average molecular weight is 345 g/mol. The van der Waals surface area contributed by atoms with E-state index >= 15 is 0 Å². The molecular formula is C18H19NO4S. The SMILES string of the molecule is O=C1C(S(=O)(=O)c2ccccc2)C[C@@H](CO)N1Cc1ccccc1. The number of hydrogen-bond acceptors (Lipinski definition) is 4. The zero-order chi connectivity index (χ0) is 17.2. The lowest BCUT2D eigenvalue weighted by molar-refractivity contribution is -0.129. The van der Waals surface area contributed by atoms with Crippen molar-refractivity contribution in [1.82, 2.24) is 4.90 Å². The molecule has 1 aliphatic heterocycles. The molecule has 2 aromatic rings. The molecule has 2 aromatic carbocycles. The second-order valence-corrected chi connectivity index (χ2v) is 8.00. The van der Waals surface area contributed by atoms with E-state index in [1.54, 1.807) is 18.2 Å². The average Bonchev–Trinajstić information content (AvgIpc) is 2.93. The van der Waals surface area contributed by atoms with E-state index in [0.29, 0.717) is 6.54 Å². The Morgan fingerprint density at radius 1 is 1.00 bits per heavy atom. The van der Waals surface area contributed by atoms with Crippen LogP contribution in [-0.2, 0) is 21.2 Å². The highest BCUT2D eigenvalue weighted by Crippen LogP contribution is 2.30. The van der Waals surface area contributed by atoms with Gasteiger partial charge in [0.05, 0.1) is 17.5 Å². The van der Waals surface area contributed by atoms with Crippen molar-refractivity contribution in [2.75, 3.05) is 6.61 Å². The first-order chi connectivity index (χ1) is 11.5. The molecule has 1 saturated heterocycles. The first-order valence-electron chi connectivity index (χ1n) is 7.78. The fourth-order valence-corrected chi connectivity index (χ4v) is 4.78. The van der Waals surface area contributed by atoms with Crippen molar-refractivity contribution in [2.45, 2.75) is 29.2 Å². The summed E-state index contributed by atoms with van der Waals surface area (Å²) in [6.07, 6.45) is 0.111. The van der Waals surface area contributed by atoms with Gasteiger partial charge in [0.1, 0.15) is 5.25 Å². The van der Waals surface area contributed by atoms with Gasteiger partial charge in [-0.1, -0.05) is 48.5 Å². The van der Waals surface area contributed by atoms with Gasteiger partial charge in [0, 0.05) is 6.54 Å². The zero-order valence-electron chi connectivity index (χ0n) is 13.1. The molecule has 6 heteroatoms. The molecule has 0 aliphatic carbocycles. The van der Waals surface area contributed by atoms with Crippen molar-refractivity contribution >= 4 is 15.7 Å². The number of likely N-dealkylation sites (tertiary alicyclic amines) is 1. The lowest BCUT2D eigenvalue weighted by Gasteiger charge is -2.23. The molecule has 126 valence electrons. The molecule has 0 spiro atoms. The van der Waals surface area contributed by atoms with Crippen LogP contribution >= 0.6 is 0 Å². The number of carbonyl (C=O) groups excluding carboxylic acids is 1. The highest BCUT2D eigenvalue weighted by atomic mass is 32.2. The predicted octanol–water partition coefficient (Wildman–Crippen LogP) is 1.62. The monoisotopic (exact) mass is 345 g/mol. The first kappa shape index (κ1) is 16.7. The highest BCUT2D eigenvalue weighted by molar-refractivity contribution is 7.92. The summed E-state index contributed by atoms with van der Waals surface area (Å²) in [6.45, 7) is 0.0467. The molecule has 1 heterocycles. The van der Waals surface area contributed by atoms with E-state index in [2.05, 4.69) is 0 Å². The quantitative estimate of drug-likeness (QED) is 0.894. The van der Waals surface area contributed by atoms with E-state index < -0.39 is 27.0 Å². The molecule has 24 heavy (non-hydrogen) atoms. The number of hydrogen-bond donors (Lipinski definition) is 1. The second kappa shape index (κ2) is 6.75. The third-order valence-corrected chi connectivity index (χ3v) is 6.41. The molecule has 1 aliphatic rings. The Kier molecular flexibility index (Phi) is 4.69. The van der Waals surface area contributed by atoms with Crippen molar-refractivity contribution in [3.63, 3.8) is 0 Å². The largest absolute Gasteiger partial charge is 0.394 e. The fraction of sp³-hybridized carbons (Fsp3) is 0.278. The van der Waals surface area contributed by atoms with Gasteiger partial charge in [0.15, 0.2) is 9.84 Å². The summed E-state index contributed by atoms with van der Waals surface area (Å²) >= 11 is 0. The summed E-state index contributed by atoms with van der Waals surface area (Å²) < 4.78 is 25.6. The Balaban J connectivity index is 1.88. The summed E-state index contributed by atoms with van der Waals surface area (Å²) in [7, 11) is -3.76. The summed E-state index contributed by atoms with van der Waals surface area (Å²) in [5.74, 6) is -0.443. The van der Waals surface area contributed by atoms with E-state index in [-0.39, 0.29) is 17.9 Å². The Morgan fingerprint density at radius 3 is 2.17 bits per heavy atom. The van der Waals surface area contributed by atoms with Crippen LogP contribution < -0.4 is 0 Å². The molecule has 0 radical (unpaired) electrons. The second-order valence-electron chi connectivity index (χ2n) is 5.87. The van der Waals surface area contributed by atoms with Gasteiger partial charge in [-0.3, -0.25) is 4.79 Å². The fourth-order valence-electron chi connectivity index (χ4n) is 3.03. The number of nitrogens with zero attached hydrogens (tertiary/aromatic N) is 1. The van der Waals surface area contributed by atoms with Crippen LogP contribution in [0.3, 0.4) is 0 Å². The third kappa shape index (κ3) is 3.07. The number of rotatable bonds is 5. The van der Waals surface area contributed by atoms with Crippen molar-refractivity contribution in [3.8, 4) is 0 Å². The number of carbonyl (C=O) groups is 1. The molecule has 3 rings (SSSR count). The number of sulfone groups is 1. The van der Waals surface area contributed by atoms with Gasteiger partial charge >= 0.3 is 0 Å². The maximum Gasteiger partial charge on any atom is 0.242 e. The van der Waals surface area contributed by atoms with Gasteiger partial charge in [0.2, 0.25) is 5.91 Å². The smallest absolute Gasteiger partial charge is 0.242 e. The molecule has 0 saturated carbocycles. The summed E-state index contributed by atoms with van der Waals surface area (Å²) in [5, 5.41) is 8.46. The van der Waals surface area contributed by atoms with Crippen LogP contribution in [0.5, 0.6) is 0 Å². The van der Waals surface area contributed by atoms with E-state index in [9.17, 15) is 18.3 Å². The summed E-state index contributed by atoms with van der Waals surface area (Å²) in [5.41, 5.74) is 0.905. The van der Waals surface area contributed by atoms with Crippen LogP contribution in [-0.4, -0.2) is 42.2 Å². The van der Waals surface area contributed by atoms with Gasteiger partial charge < -0.3 is 10.0 Å². The van der Waals surface area contributed by atoms with Crippen LogP contribution in [0.15, 0.2) is 65.6 Å². The minimum atomic E-state index is -3.76. The van der Waals surface area contributed by atoms with Crippen LogP contribution in [0.1, 0.15) is 12.0 Å². The Hall–Kier alpha value is -2.18. The molecule has 0 aromatic heterocycles. The van der Waals surface area contributed by atoms with Gasteiger partial charge in [0.25, 0.3) is 0 Å². The van der Waals surface area contributed by atoms with Crippen molar-refractivity contribution in [2.24, 2.45) is 0 Å². The van der Waals surface area contributed by atoms with Crippen LogP contribution in [0.4, 0.5) is 0 Å². The number of amides is 1. The number of aliphatic hydroxyl groups excluding tert-OH is 1. The molecule has 1 N–H and O–H groups in total. The lowest BCUT2D eigenvalue weighted by Crippen LogP contribution is -2.37. The minimum absolute atomic E-state index is 0.111. The minimum Gasteiger partial charge on any atom is -0.394 e. The van der Waals surface area contributed by atoms with E-state index in [1.807, 2.05) is 30.3 Å². The zero-order valence-corrected chi connectivity index (χ0v) is 13.9. The number of aliphatic hydroxyl groups is 1. The van der Waals surface area contributed by atoms with Gasteiger partial charge in [-0.05, 0) is 24.1 Å². The summed E-state index contributed by atoms with van der Waals surface area (Å²) in [4.78, 5) is 14.3. The van der Waals surface area contributed by atoms with Crippen LogP contribution in [0, 0.1) is 0 Å². The molecule has 1 amide bonds. The van der Waals surface area contributed by atoms with Gasteiger partial charge in [-0.2, -0.15) is 0 Å². The Bertz CT molecular complexity index is 805. The van der Waals surface area contributed by atoms with Gasteiger partial charge in [-0.15, -0.1) is 0 Å². The third-order valence-electron chi connectivity index (χ3n) is 4.34. The van der Waals surface area contributed by atoms with Crippen molar-refractivity contribution in [3.05, 3.63) is 66.2 Å². The molecule has 5 nitrogen and oxygen atoms in total. The maximum atomic E-state index is 12.8. The maximum absolute atomic E-state index is 12.8. The van der Waals surface area contributed by atoms with Crippen molar-refractivity contribution in [1.29, 1.82) is 0 Å². The molecule has 1 fully saturated rings. The normalized spacial score (nSPS) is 21.2. The topological polar surface area (TPSA) is 74.7 Å². The molecule has 0 bridgehead atoms. The predicted molar refractivity (Wildman–Crippen MR) is 89.9 cm³/mol. The summed E-state index contributed by atoms with van der Waals surface area (Å²) in [6, 6.07) is 16.9. The van der Waals surface area contributed by atoms with Gasteiger partial charge in [-0.25, -0.2) is 8.42 Å². The molecular weight excluding hydrogens is 326 g/mol. The Labute approximate surface area is 141 Å². The van der Waals surface area contributed by atoms with E-state index in [4.69, 9.17) is 0 Å². The van der Waals surface area contributed by atoms with Crippen molar-refractivity contribution < 1.29 is 18.3 Å².